The number of halogens is 1. The molecule has 2 N–H and O–H groups in total. The molecule has 0 fully saturated rings. The average Bonchev–Trinajstić information content (AvgIpc) is 2.93. The molecular formula is C32H35BrN8O. The molecule has 5 aromatic rings. The maximum absolute atomic E-state index is 9.66. The van der Waals surface area contributed by atoms with Gasteiger partial charge in [0.15, 0.2) is 11.3 Å². The Morgan fingerprint density at radius 3 is 2.07 bits per heavy atom. The first kappa shape index (κ1) is 30.9. The zero-order valence-electron chi connectivity index (χ0n) is 25.0. The first-order valence-electron chi connectivity index (χ1n) is 13.7. The van der Waals surface area contributed by atoms with Gasteiger partial charge in [-0.25, -0.2) is 29.9 Å². The van der Waals surface area contributed by atoms with Crippen LogP contribution in [-0.4, -0.2) is 42.0 Å². The van der Waals surface area contributed by atoms with Crippen LogP contribution in [-0.2, 0) is 0 Å². The Balaban J connectivity index is 0.000000258. The third kappa shape index (κ3) is 7.22. The van der Waals surface area contributed by atoms with Crippen molar-refractivity contribution in [2.24, 2.45) is 11.7 Å². The van der Waals surface area contributed by atoms with Gasteiger partial charge in [0.25, 0.3) is 0 Å². The van der Waals surface area contributed by atoms with Gasteiger partial charge in [-0.15, -0.1) is 0 Å². The van der Waals surface area contributed by atoms with E-state index in [0.717, 1.165) is 55.8 Å². The number of aromatic nitrogens is 6. The highest BCUT2D eigenvalue weighted by atomic mass is 79.9. The standard InChI is InChI=1S/C23H27N5O.C9H8BrN3/c1-14(2)11-23(5,25)13-29-20-7-6-17(10-18(20)12-24)19-8-9-26-22-21(19)27-15(3)16(4)28-22;1-5-6(2)13-9-8(12-5)7(10)3-4-11-9/h6-10,14H,11,13,25H2,1-5H3;3-4H,1-2H3/t23-;/m0./s1. The minimum atomic E-state index is -0.453. The Morgan fingerprint density at radius 1 is 0.881 bits per heavy atom. The van der Waals surface area contributed by atoms with Crippen LogP contribution < -0.4 is 10.5 Å². The highest BCUT2D eigenvalue weighted by Crippen LogP contribution is 2.30. The second kappa shape index (κ2) is 12.8. The molecule has 5 rings (SSSR count). The normalized spacial score (nSPS) is 12.5. The summed E-state index contributed by atoms with van der Waals surface area (Å²) in [6.45, 7) is 14.3. The van der Waals surface area contributed by atoms with Crippen molar-refractivity contribution in [2.45, 2.75) is 60.4 Å². The minimum Gasteiger partial charge on any atom is -0.490 e. The number of ether oxygens (including phenoxy) is 1. The van der Waals surface area contributed by atoms with Crippen LogP contribution in [0.1, 0.15) is 55.5 Å². The van der Waals surface area contributed by atoms with Crippen molar-refractivity contribution in [2.75, 3.05) is 6.61 Å². The Bertz CT molecular complexity index is 1800. The molecule has 0 saturated carbocycles. The van der Waals surface area contributed by atoms with Crippen LogP contribution in [0, 0.1) is 44.9 Å². The fourth-order valence-electron chi connectivity index (χ4n) is 4.59. The number of nitriles is 1. The number of hydrogen-bond donors (Lipinski definition) is 1. The van der Waals surface area contributed by atoms with E-state index in [1.165, 1.54) is 0 Å². The van der Waals surface area contributed by atoms with Gasteiger partial charge in [-0.05, 0) is 92.7 Å². The van der Waals surface area contributed by atoms with E-state index in [0.29, 0.717) is 35.1 Å². The van der Waals surface area contributed by atoms with Gasteiger partial charge in [0.1, 0.15) is 29.5 Å². The molecule has 9 nitrogen and oxygen atoms in total. The Morgan fingerprint density at radius 2 is 1.45 bits per heavy atom. The molecule has 0 spiro atoms. The van der Waals surface area contributed by atoms with Crippen LogP contribution in [0.15, 0.2) is 47.2 Å². The van der Waals surface area contributed by atoms with Crippen molar-refractivity contribution in [3.8, 4) is 22.9 Å². The maximum Gasteiger partial charge on any atom is 0.179 e. The van der Waals surface area contributed by atoms with Gasteiger partial charge in [-0.2, -0.15) is 5.26 Å². The zero-order valence-corrected chi connectivity index (χ0v) is 26.6. The van der Waals surface area contributed by atoms with Crippen LogP contribution in [0.2, 0.25) is 0 Å². The highest BCUT2D eigenvalue weighted by molar-refractivity contribution is 9.10. The third-order valence-electron chi connectivity index (χ3n) is 6.76. The number of pyridine rings is 2. The predicted octanol–water partition coefficient (Wildman–Crippen LogP) is 6.73. The van der Waals surface area contributed by atoms with Crippen LogP contribution in [0.25, 0.3) is 33.5 Å². The molecule has 216 valence electrons. The molecule has 0 aliphatic heterocycles. The maximum atomic E-state index is 9.66. The molecule has 0 amide bonds. The second-order valence-electron chi connectivity index (χ2n) is 11.1. The number of nitrogens with zero attached hydrogens (tertiary/aromatic N) is 7. The van der Waals surface area contributed by atoms with E-state index in [4.69, 9.17) is 10.5 Å². The van der Waals surface area contributed by atoms with Gasteiger partial charge in [0, 0.05) is 28.0 Å². The molecule has 0 bridgehead atoms. The number of benzene rings is 1. The zero-order chi connectivity index (χ0) is 30.6. The summed E-state index contributed by atoms with van der Waals surface area (Å²) >= 11 is 3.41. The molecule has 0 unspecified atom stereocenters. The van der Waals surface area contributed by atoms with E-state index < -0.39 is 5.54 Å². The Labute approximate surface area is 254 Å². The van der Waals surface area contributed by atoms with Crippen molar-refractivity contribution >= 4 is 38.3 Å². The van der Waals surface area contributed by atoms with E-state index in [9.17, 15) is 5.26 Å². The van der Waals surface area contributed by atoms with Crippen molar-refractivity contribution in [3.05, 3.63) is 75.5 Å². The number of rotatable bonds is 6. The summed E-state index contributed by atoms with van der Waals surface area (Å²) in [5.41, 5.74) is 14.5. The minimum absolute atomic E-state index is 0.349. The van der Waals surface area contributed by atoms with Crippen molar-refractivity contribution in [3.63, 3.8) is 0 Å². The molecule has 10 heteroatoms. The molecule has 0 aliphatic rings. The summed E-state index contributed by atoms with van der Waals surface area (Å²) in [5.74, 6) is 1.01. The van der Waals surface area contributed by atoms with Crippen molar-refractivity contribution in [1.29, 1.82) is 5.26 Å². The smallest absolute Gasteiger partial charge is 0.179 e. The molecule has 0 radical (unpaired) electrons. The number of aryl methyl sites for hydroxylation is 4. The van der Waals surface area contributed by atoms with E-state index in [-0.39, 0.29) is 0 Å². The number of fused-ring (bicyclic) bond motifs is 2. The Hall–Kier alpha value is -4.07. The summed E-state index contributed by atoms with van der Waals surface area (Å²) in [5, 5.41) is 9.66. The van der Waals surface area contributed by atoms with Crippen LogP contribution in [0.4, 0.5) is 0 Å². The van der Waals surface area contributed by atoms with Gasteiger partial charge in [0.2, 0.25) is 0 Å². The fraction of sp³-hybridized carbons (Fsp3) is 0.344. The molecular weight excluding hydrogens is 592 g/mol. The van der Waals surface area contributed by atoms with Gasteiger partial charge in [-0.3, -0.25) is 0 Å². The monoisotopic (exact) mass is 626 g/mol. The summed E-state index contributed by atoms with van der Waals surface area (Å²) in [7, 11) is 0. The SMILES string of the molecule is Cc1nc2nccc(-c3ccc(OC[C@@](C)(N)CC(C)C)c(C#N)c3)c2nc1C.Cc1nc2nccc(Br)c2nc1C. The lowest BCUT2D eigenvalue weighted by molar-refractivity contribution is 0.206. The van der Waals surface area contributed by atoms with Crippen LogP contribution in [0.5, 0.6) is 5.75 Å². The Kier molecular flexibility index (Phi) is 9.44. The van der Waals surface area contributed by atoms with Crippen molar-refractivity contribution < 1.29 is 4.74 Å². The molecule has 1 atom stereocenters. The lowest BCUT2D eigenvalue weighted by atomic mass is 9.93. The summed E-state index contributed by atoms with van der Waals surface area (Å²) in [6, 6.07) is 11.6. The molecule has 0 saturated heterocycles. The predicted molar refractivity (Wildman–Crippen MR) is 169 cm³/mol. The van der Waals surface area contributed by atoms with E-state index in [1.807, 2.05) is 65.0 Å². The highest BCUT2D eigenvalue weighted by Gasteiger charge is 2.22. The summed E-state index contributed by atoms with van der Waals surface area (Å²) in [4.78, 5) is 26.4. The molecule has 0 aliphatic carbocycles. The number of hydrogen-bond acceptors (Lipinski definition) is 9. The van der Waals surface area contributed by atoms with Gasteiger partial charge < -0.3 is 10.5 Å². The average molecular weight is 628 g/mol. The number of nitrogens with two attached hydrogens (primary N) is 1. The van der Waals surface area contributed by atoms with Crippen LogP contribution in [0.3, 0.4) is 0 Å². The quantitative estimate of drug-likeness (QED) is 0.217. The second-order valence-corrected chi connectivity index (χ2v) is 12.0. The molecule has 42 heavy (non-hydrogen) atoms. The molecule has 1 aromatic carbocycles. The molecule has 4 heterocycles. The van der Waals surface area contributed by atoms with Crippen molar-refractivity contribution in [1.82, 2.24) is 29.9 Å². The van der Waals surface area contributed by atoms with E-state index in [1.54, 1.807) is 12.4 Å². The van der Waals surface area contributed by atoms with Crippen LogP contribution >= 0.6 is 15.9 Å². The fourth-order valence-corrected chi connectivity index (χ4v) is 4.98. The topological polar surface area (TPSA) is 136 Å². The lowest BCUT2D eigenvalue weighted by Crippen LogP contribution is -2.43. The van der Waals surface area contributed by atoms with E-state index in [2.05, 4.69) is 65.8 Å². The van der Waals surface area contributed by atoms with Gasteiger partial charge >= 0.3 is 0 Å². The summed E-state index contributed by atoms with van der Waals surface area (Å²) < 4.78 is 6.86. The third-order valence-corrected chi connectivity index (χ3v) is 7.40. The lowest BCUT2D eigenvalue weighted by Gasteiger charge is -2.26. The van der Waals surface area contributed by atoms with E-state index >= 15 is 0 Å². The van der Waals surface area contributed by atoms with Gasteiger partial charge in [-0.1, -0.05) is 19.9 Å². The summed E-state index contributed by atoms with van der Waals surface area (Å²) in [6.07, 6.45) is 4.27. The first-order chi connectivity index (χ1) is 19.9. The van der Waals surface area contributed by atoms with Gasteiger partial charge in [0.05, 0.1) is 28.3 Å². The first-order valence-corrected chi connectivity index (χ1v) is 14.5. The largest absolute Gasteiger partial charge is 0.490 e. The molecule has 4 aromatic heterocycles.